The third-order valence-electron chi connectivity index (χ3n) is 2.43. The zero-order chi connectivity index (χ0) is 13.5. The minimum atomic E-state index is 0.0446. The van der Waals surface area contributed by atoms with Crippen LogP contribution in [0.4, 0.5) is 0 Å². The molecular formula is C13H16N2O2S2. The number of carbonyl (C=O) groups excluding carboxylic acids is 1. The number of hydrogen-bond donors (Lipinski definition) is 1. The summed E-state index contributed by atoms with van der Waals surface area (Å²) in [6.07, 6.45) is 0. The quantitative estimate of drug-likeness (QED) is 0.797. The van der Waals surface area contributed by atoms with Crippen LogP contribution in [0.25, 0.3) is 10.2 Å². The van der Waals surface area contributed by atoms with Gasteiger partial charge in [0.05, 0.1) is 22.6 Å². The zero-order valence-corrected chi connectivity index (χ0v) is 12.4. The van der Waals surface area contributed by atoms with E-state index in [9.17, 15) is 4.79 Å². The van der Waals surface area contributed by atoms with Gasteiger partial charge in [0.2, 0.25) is 5.91 Å². The van der Waals surface area contributed by atoms with Crippen molar-refractivity contribution in [3.8, 4) is 0 Å². The highest BCUT2D eigenvalue weighted by atomic mass is 32.2. The summed E-state index contributed by atoms with van der Waals surface area (Å²) in [4.78, 5) is 16.0. The van der Waals surface area contributed by atoms with E-state index in [4.69, 9.17) is 4.74 Å². The minimum absolute atomic E-state index is 0.0446. The number of thiazole rings is 1. The first-order valence-electron chi connectivity index (χ1n) is 5.97. The van der Waals surface area contributed by atoms with Gasteiger partial charge in [-0.3, -0.25) is 4.79 Å². The Hall–Kier alpha value is -1.11. The molecular weight excluding hydrogens is 280 g/mol. The lowest BCUT2D eigenvalue weighted by molar-refractivity contribution is -0.118. The Morgan fingerprint density at radius 2 is 2.32 bits per heavy atom. The van der Waals surface area contributed by atoms with Crippen LogP contribution < -0.4 is 5.32 Å². The van der Waals surface area contributed by atoms with Gasteiger partial charge in [-0.1, -0.05) is 12.1 Å². The van der Waals surface area contributed by atoms with E-state index in [1.165, 1.54) is 4.70 Å². The molecule has 0 fully saturated rings. The summed E-state index contributed by atoms with van der Waals surface area (Å²) < 4.78 is 6.07. The minimum Gasteiger partial charge on any atom is -0.383 e. The van der Waals surface area contributed by atoms with Crippen LogP contribution in [-0.2, 0) is 15.3 Å². The second kappa shape index (κ2) is 7.47. The van der Waals surface area contributed by atoms with Crippen molar-refractivity contribution in [3.05, 3.63) is 29.3 Å². The molecule has 0 spiro atoms. The number of benzene rings is 1. The highest BCUT2D eigenvalue weighted by Crippen LogP contribution is 2.24. The van der Waals surface area contributed by atoms with Crippen molar-refractivity contribution in [2.75, 3.05) is 26.0 Å². The molecule has 6 heteroatoms. The predicted molar refractivity (Wildman–Crippen MR) is 80.7 cm³/mol. The summed E-state index contributed by atoms with van der Waals surface area (Å²) in [6.45, 7) is 1.12. The molecule has 0 saturated heterocycles. The zero-order valence-electron chi connectivity index (χ0n) is 10.7. The Kier molecular flexibility index (Phi) is 5.62. The highest BCUT2D eigenvalue weighted by molar-refractivity contribution is 7.99. The van der Waals surface area contributed by atoms with Crippen LogP contribution in [0.5, 0.6) is 0 Å². The second-order valence-electron chi connectivity index (χ2n) is 3.91. The van der Waals surface area contributed by atoms with Gasteiger partial charge in [-0.05, 0) is 12.1 Å². The van der Waals surface area contributed by atoms with Crippen LogP contribution in [0.15, 0.2) is 24.3 Å². The molecule has 0 atom stereocenters. The average molecular weight is 296 g/mol. The topological polar surface area (TPSA) is 51.2 Å². The fraction of sp³-hybridized carbons (Fsp3) is 0.385. The molecule has 0 bridgehead atoms. The first kappa shape index (κ1) is 14.3. The third-order valence-corrected chi connectivity index (χ3v) is 4.59. The van der Waals surface area contributed by atoms with Crippen molar-refractivity contribution in [2.24, 2.45) is 0 Å². The van der Waals surface area contributed by atoms with E-state index in [0.29, 0.717) is 18.9 Å². The lowest BCUT2D eigenvalue weighted by atomic mass is 10.3. The monoisotopic (exact) mass is 296 g/mol. The van der Waals surface area contributed by atoms with E-state index in [0.717, 1.165) is 16.3 Å². The number of ether oxygens (including phenoxy) is 1. The van der Waals surface area contributed by atoms with Crippen LogP contribution >= 0.6 is 23.1 Å². The van der Waals surface area contributed by atoms with E-state index in [-0.39, 0.29) is 5.91 Å². The number of rotatable bonds is 7. The molecule has 1 heterocycles. The Morgan fingerprint density at radius 1 is 1.47 bits per heavy atom. The number of nitrogens with one attached hydrogen (secondary N) is 1. The summed E-state index contributed by atoms with van der Waals surface area (Å²) in [5.74, 6) is 1.28. The number of nitrogens with zero attached hydrogens (tertiary/aromatic N) is 1. The maximum absolute atomic E-state index is 11.5. The molecule has 0 unspecified atom stereocenters. The first-order valence-corrected chi connectivity index (χ1v) is 7.94. The number of amides is 1. The van der Waals surface area contributed by atoms with Crippen LogP contribution in [0.1, 0.15) is 5.01 Å². The van der Waals surface area contributed by atoms with Crippen molar-refractivity contribution in [1.29, 1.82) is 0 Å². The smallest absolute Gasteiger partial charge is 0.230 e. The molecule has 0 aliphatic rings. The number of carbonyl (C=O) groups is 1. The van der Waals surface area contributed by atoms with Gasteiger partial charge in [-0.15, -0.1) is 23.1 Å². The molecule has 2 aromatic rings. The summed E-state index contributed by atoms with van der Waals surface area (Å²) in [5, 5.41) is 3.86. The van der Waals surface area contributed by atoms with Crippen molar-refractivity contribution in [3.63, 3.8) is 0 Å². The number of thioether (sulfide) groups is 1. The average Bonchev–Trinajstić information content (AvgIpc) is 2.81. The van der Waals surface area contributed by atoms with Crippen molar-refractivity contribution >= 4 is 39.2 Å². The lowest BCUT2D eigenvalue weighted by Crippen LogP contribution is -2.28. The molecule has 1 aromatic carbocycles. The van der Waals surface area contributed by atoms with E-state index in [1.807, 2.05) is 18.2 Å². The second-order valence-corrected chi connectivity index (χ2v) is 6.01. The summed E-state index contributed by atoms with van der Waals surface area (Å²) in [5.41, 5.74) is 1.03. The summed E-state index contributed by atoms with van der Waals surface area (Å²) in [6, 6.07) is 8.08. The number of methoxy groups -OCH3 is 1. The SMILES string of the molecule is COCCNC(=O)CSCc1nc2ccccc2s1. The number of para-hydroxylation sites is 1. The van der Waals surface area contributed by atoms with Gasteiger partial charge < -0.3 is 10.1 Å². The maximum atomic E-state index is 11.5. The van der Waals surface area contributed by atoms with E-state index in [2.05, 4.69) is 16.4 Å². The Balaban J connectivity index is 1.74. The summed E-state index contributed by atoms with van der Waals surface area (Å²) >= 11 is 3.27. The van der Waals surface area contributed by atoms with E-state index in [1.54, 1.807) is 30.2 Å². The predicted octanol–water partition coefficient (Wildman–Crippen LogP) is 2.29. The van der Waals surface area contributed by atoms with Gasteiger partial charge in [0.15, 0.2) is 0 Å². The molecule has 1 amide bonds. The van der Waals surface area contributed by atoms with Crippen molar-refractivity contribution in [1.82, 2.24) is 10.3 Å². The molecule has 0 aliphatic carbocycles. The van der Waals surface area contributed by atoms with Gasteiger partial charge in [0.25, 0.3) is 0 Å². The fourth-order valence-corrected chi connectivity index (χ4v) is 3.43. The number of hydrogen-bond acceptors (Lipinski definition) is 5. The maximum Gasteiger partial charge on any atom is 0.230 e. The molecule has 0 radical (unpaired) electrons. The number of aromatic nitrogens is 1. The van der Waals surface area contributed by atoms with Crippen LogP contribution in [0.3, 0.4) is 0 Å². The largest absolute Gasteiger partial charge is 0.383 e. The van der Waals surface area contributed by atoms with Gasteiger partial charge in [0, 0.05) is 19.4 Å². The Morgan fingerprint density at radius 3 is 3.11 bits per heavy atom. The van der Waals surface area contributed by atoms with Crippen LogP contribution in [0.2, 0.25) is 0 Å². The molecule has 1 aromatic heterocycles. The first-order chi connectivity index (χ1) is 9.29. The Labute approximate surface area is 120 Å². The highest BCUT2D eigenvalue weighted by Gasteiger charge is 2.05. The molecule has 4 nitrogen and oxygen atoms in total. The number of fused-ring (bicyclic) bond motifs is 1. The van der Waals surface area contributed by atoms with Crippen LogP contribution in [-0.4, -0.2) is 36.9 Å². The normalized spacial score (nSPS) is 10.8. The fourth-order valence-electron chi connectivity index (χ4n) is 1.56. The van der Waals surface area contributed by atoms with Gasteiger partial charge in [0.1, 0.15) is 5.01 Å². The van der Waals surface area contributed by atoms with Crippen LogP contribution in [0, 0.1) is 0 Å². The van der Waals surface area contributed by atoms with E-state index >= 15 is 0 Å². The van der Waals surface area contributed by atoms with Gasteiger partial charge in [-0.2, -0.15) is 0 Å². The molecule has 1 N–H and O–H groups in total. The Bertz CT molecular complexity index is 509. The lowest BCUT2D eigenvalue weighted by Gasteiger charge is -2.03. The van der Waals surface area contributed by atoms with Crippen molar-refractivity contribution in [2.45, 2.75) is 5.75 Å². The van der Waals surface area contributed by atoms with Crippen molar-refractivity contribution < 1.29 is 9.53 Å². The molecule has 0 saturated carbocycles. The van der Waals surface area contributed by atoms with E-state index < -0.39 is 0 Å². The standard InChI is InChI=1S/C13H16N2O2S2/c1-17-7-6-14-12(16)8-18-9-13-15-10-4-2-3-5-11(10)19-13/h2-5H,6-9H2,1H3,(H,14,16). The third kappa shape index (κ3) is 4.49. The molecule has 102 valence electrons. The summed E-state index contributed by atoms with van der Waals surface area (Å²) in [7, 11) is 1.62. The van der Waals surface area contributed by atoms with Gasteiger partial charge >= 0.3 is 0 Å². The molecule has 0 aliphatic heterocycles. The van der Waals surface area contributed by atoms with Gasteiger partial charge in [-0.25, -0.2) is 4.98 Å². The molecule has 2 rings (SSSR count). The molecule has 19 heavy (non-hydrogen) atoms.